The second kappa shape index (κ2) is 8.27. The van der Waals surface area contributed by atoms with Crippen molar-refractivity contribution in [2.24, 2.45) is 0 Å². The van der Waals surface area contributed by atoms with E-state index in [0.29, 0.717) is 38.4 Å². The van der Waals surface area contributed by atoms with Crippen LogP contribution in [0.2, 0.25) is 0 Å². The van der Waals surface area contributed by atoms with Crippen LogP contribution < -0.4 is 5.32 Å². The Hall–Kier alpha value is -1.47. The first kappa shape index (κ1) is 20.3. The normalized spacial score (nSPS) is 26.4. The molecule has 2 heterocycles. The van der Waals surface area contributed by atoms with Crippen LogP contribution in [0.25, 0.3) is 0 Å². The van der Waals surface area contributed by atoms with Crippen molar-refractivity contribution >= 4 is 5.91 Å². The maximum atomic E-state index is 12.6. The quantitative estimate of drug-likeness (QED) is 0.691. The molecule has 0 saturated carbocycles. The Labute approximate surface area is 162 Å². The number of amides is 1. The molecule has 2 aliphatic rings. The number of carbonyl (C=O) groups is 1. The van der Waals surface area contributed by atoms with E-state index in [-0.39, 0.29) is 12.5 Å². The van der Waals surface area contributed by atoms with Crippen LogP contribution in [-0.2, 0) is 11.3 Å². The molecule has 150 valence electrons. The summed E-state index contributed by atoms with van der Waals surface area (Å²) < 4.78 is 0. The van der Waals surface area contributed by atoms with Gasteiger partial charge in [0.1, 0.15) is 0 Å². The van der Waals surface area contributed by atoms with Crippen molar-refractivity contribution in [3.8, 4) is 0 Å². The fourth-order valence-corrected chi connectivity index (χ4v) is 4.08. The van der Waals surface area contributed by atoms with Crippen LogP contribution >= 0.6 is 0 Å². The van der Waals surface area contributed by atoms with Crippen LogP contribution in [0, 0.1) is 0 Å². The summed E-state index contributed by atoms with van der Waals surface area (Å²) in [5.74, 6) is -0.363. The lowest BCUT2D eigenvalue weighted by Crippen LogP contribution is -2.56. The third-order valence-electron chi connectivity index (χ3n) is 6.04. The highest BCUT2D eigenvalue weighted by atomic mass is 16.3. The number of benzene rings is 1. The summed E-state index contributed by atoms with van der Waals surface area (Å²) in [7, 11) is 0. The lowest BCUT2D eigenvalue weighted by atomic mass is 9.90. The minimum absolute atomic E-state index is 0.207. The SMILES string of the molecule is CC(C)N1CCC(O)(CNC(=O)C2(O)CCN(Cc3ccccc3)C2)CC1. The average Bonchev–Trinajstić information content (AvgIpc) is 3.03. The van der Waals surface area contributed by atoms with E-state index < -0.39 is 11.2 Å². The molecule has 0 bridgehead atoms. The zero-order valence-electron chi connectivity index (χ0n) is 16.5. The Morgan fingerprint density at radius 3 is 2.41 bits per heavy atom. The second-order valence-electron chi connectivity index (χ2n) is 8.51. The number of nitrogens with zero attached hydrogens (tertiary/aromatic N) is 2. The van der Waals surface area contributed by atoms with E-state index in [9.17, 15) is 15.0 Å². The summed E-state index contributed by atoms with van der Waals surface area (Å²) in [5, 5.41) is 24.4. The Bertz CT molecular complexity index is 629. The van der Waals surface area contributed by atoms with Crippen LogP contribution in [0.3, 0.4) is 0 Å². The van der Waals surface area contributed by atoms with Gasteiger partial charge in [-0.15, -0.1) is 0 Å². The Morgan fingerprint density at radius 2 is 1.78 bits per heavy atom. The molecule has 27 heavy (non-hydrogen) atoms. The summed E-state index contributed by atoms with van der Waals surface area (Å²) in [5.41, 5.74) is -1.07. The lowest BCUT2D eigenvalue weighted by Gasteiger charge is -2.40. The third-order valence-corrected chi connectivity index (χ3v) is 6.04. The minimum atomic E-state index is -1.37. The van der Waals surface area contributed by atoms with E-state index in [2.05, 4.69) is 41.1 Å². The molecule has 1 aromatic rings. The van der Waals surface area contributed by atoms with Crippen LogP contribution in [0.15, 0.2) is 30.3 Å². The molecule has 1 atom stereocenters. The van der Waals surface area contributed by atoms with Crippen molar-refractivity contribution in [1.29, 1.82) is 0 Å². The number of rotatable bonds is 6. The van der Waals surface area contributed by atoms with Gasteiger partial charge in [0.25, 0.3) is 5.91 Å². The van der Waals surface area contributed by atoms with Gasteiger partial charge in [0, 0.05) is 45.3 Å². The molecule has 1 unspecified atom stereocenters. The molecular formula is C21H33N3O3. The number of hydrogen-bond donors (Lipinski definition) is 3. The summed E-state index contributed by atoms with van der Waals surface area (Å²) in [6.07, 6.45) is 1.71. The fraction of sp³-hybridized carbons (Fsp3) is 0.667. The van der Waals surface area contributed by atoms with E-state index in [1.165, 1.54) is 5.56 Å². The predicted octanol–water partition coefficient (Wildman–Crippen LogP) is 0.975. The molecule has 2 fully saturated rings. The Kier molecular flexibility index (Phi) is 6.21. The van der Waals surface area contributed by atoms with Gasteiger partial charge < -0.3 is 20.4 Å². The maximum Gasteiger partial charge on any atom is 0.253 e. The highest BCUT2D eigenvalue weighted by molar-refractivity contribution is 5.85. The molecular weight excluding hydrogens is 342 g/mol. The van der Waals surface area contributed by atoms with Crippen molar-refractivity contribution in [2.75, 3.05) is 32.7 Å². The van der Waals surface area contributed by atoms with Crippen molar-refractivity contribution in [3.63, 3.8) is 0 Å². The van der Waals surface area contributed by atoms with E-state index in [4.69, 9.17) is 0 Å². The van der Waals surface area contributed by atoms with Gasteiger partial charge in [-0.3, -0.25) is 9.69 Å². The van der Waals surface area contributed by atoms with E-state index in [1.807, 2.05) is 18.2 Å². The fourth-order valence-electron chi connectivity index (χ4n) is 4.08. The summed E-state index contributed by atoms with van der Waals surface area (Å²) in [4.78, 5) is 17.1. The Balaban J connectivity index is 1.48. The molecule has 3 N–H and O–H groups in total. The van der Waals surface area contributed by atoms with Crippen LogP contribution in [0.5, 0.6) is 0 Å². The third kappa shape index (κ3) is 5.08. The van der Waals surface area contributed by atoms with Gasteiger partial charge in [-0.2, -0.15) is 0 Å². The number of aliphatic hydroxyl groups is 2. The van der Waals surface area contributed by atoms with Crippen molar-refractivity contribution < 1.29 is 15.0 Å². The monoisotopic (exact) mass is 375 g/mol. The molecule has 0 aromatic heterocycles. The molecule has 6 heteroatoms. The standard InChI is InChI=1S/C21H33N3O3/c1-17(2)24-12-8-20(26,9-13-24)15-22-19(25)21(27)10-11-23(16-21)14-18-6-4-3-5-7-18/h3-7,17,26-27H,8-16H2,1-2H3,(H,22,25). The molecule has 2 aliphatic heterocycles. The molecule has 2 saturated heterocycles. The van der Waals surface area contributed by atoms with Crippen molar-refractivity contribution in [1.82, 2.24) is 15.1 Å². The van der Waals surface area contributed by atoms with Crippen molar-refractivity contribution in [3.05, 3.63) is 35.9 Å². The number of β-amino-alcohol motifs (C(OH)–C–C–N with tert-alkyl or cyclic N) is 1. The van der Waals surface area contributed by atoms with Crippen molar-refractivity contribution in [2.45, 2.75) is 56.9 Å². The number of hydrogen-bond acceptors (Lipinski definition) is 5. The Morgan fingerprint density at radius 1 is 1.11 bits per heavy atom. The molecule has 6 nitrogen and oxygen atoms in total. The average molecular weight is 376 g/mol. The summed E-state index contributed by atoms with van der Waals surface area (Å²) in [6, 6.07) is 10.5. The lowest BCUT2D eigenvalue weighted by molar-refractivity contribution is -0.140. The van der Waals surface area contributed by atoms with Gasteiger partial charge in [-0.25, -0.2) is 0 Å². The maximum absolute atomic E-state index is 12.6. The second-order valence-corrected chi connectivity index (χ2v) is 8.51. The number of piperidine rings is 1. The zero-order valence-corrected chi connectivity index (χ0v) is 16.5. The van der Waals surface area contributed by atoms with Crippen LogP contribution in [-0.4, -0.2) is 75.9 Å². The topological polar surface area (TPSA) is 76.0 Å². The van der Waals surface area contributed by atoms with Crippen LogP contribution in [0.1, 0.15) is 38.7 Å². The highest BCUT2D eigenvalue weighted by Crippen LogP contribution is 2.25. The first-order chi connectivity index (χ1) is 12.8. The zero-order chi connectivity index (χ0) is 19.5. The van der Waals surface area contributed by atoms with Gasteiger partial charge >= 0.3 is 0 Å². The van der Waals surface area contributed by atoms with Gasteiger partial charge in [0.05, 0.1) is 5.60 Å². The smallest absolute Gasteiger partial charge is 0.253 e. The van der Waals surface area contributed by atoms with Gasteiger partial charge in [-0.1, -0.05) is 30.3 Å². The van der Waals surface area contributed by atoms with Gasteiger partial charge in [0.2, 0.25) is 0 Å². The van der Waals surface area contributed by atoms with E-state index in [0.717, 1.165) is 19.6 Å². The minimum Gasteiger partial charge on any atom is -0.388 e. The molecule has 0 radical (unpaired) electrons. The van der Waals surface area contributed by atoms with E-state index in [1.54, 1.807) is 0 Å². The molecule has 1 aromatic carbocycles. The summed E-state index contributed by atoms with van der Waals surface area (Å²) in [6.45, 7) is 7.92. The largest absolute Gasteiger partial charge is 0.388 e. The summed E-state index contributed by atoms with van der Waals surface area (Å²) >= 11 is 0. The van der Waals surface area contributed by atoms with Gasteiger partial charge in [0.15, 0.2) is 5.60 Å². The first-order valence-corrected chi connectivity index (χ1v) is 10.0. The molecule has 1 amide bonds. The number of carbonyl (C=O) groups excluding carboxylic acids is 1. The van der Waals surface area contributed by atoms with Gasteiger partial charge in [-0.05, 0) is 38.7 Å². The molecule has 0 spiro atoms. The number of nitrogens with one attached hydrogen (secondary N) is 1. The number of likely N-dealkylation sites (tertiary alicyclic amines) is 2. The molecule has 0 aliphatic carbocycles. The van der Waals surface area contributed by atoms with Crippen LogP contribution in [0.4, 0.5) is 0 Å². The molecule has 3 rings (SSSR count). The highest BCUT2D eigenvalue weighted by Gasteiger charge is 2.43. The van der Waals surface area contributed by atoms with E-state index >= 15 is 0 Å². The predicted molar refractivity (Wildman–Crippen MR) is 105 cm³/mol. The first-order valence-electron chi connectivity index (χ1n) is 10.0.